The van der Waals surface area contributed by atoms with Gasteiger partial charge in [0, 0.05) is 13.1 Å². The molecule has 1 heterocycles. The van der Waals surface area contributed by atoms with Crippen LogP contribution in [0, 0.1) is 23.0 Å². The van der Waals surface area contributed by atoms with E-state index in [4.69, 9.17) is 0 Å². The zero-order chi connectivity index (χ0) is 16.0. The zero-order valence-electron chi connectivity index (χ0n) is 13.4. The molecule has 118 valence electrons. The first-order chi connectivity index (χ1) is 9.85. The van der Waals surface area contributed by atoms with Gasteiger partial charge in [-0.1, -0.05) is 26.7 Å². The highest BCUT2D eigenvalue weighted by atomic mass is 16.6. The molecule has 0 aliphatic rings. The maximum absolute atomic E-state index is 11.2. The SMILES string of the molecule is CNc1nc(C)c([N+](=O)[O-])c(NC(C)CCCC(C)C)n1. The van der Waals surface area contributed by atoms with E-state index in [0.717, 1.165) is 19.3 Å². The van der Waals surface area contributed by atoms with Gasteiger partial charge in [-0.25, -0.2) is 4.98 Å². The molecular weight excluding hydrogens is 270 g/mol. The third kappa shape index (κ3) is 5.17. The van der Waals surface area contributed by atoms with Gasteiger partial charge < -0.3 is 10.6 Å². The van der Waals surface area contributed by atoms with Crippen molar-refractivity contribution in [3.8, 4) is 0 Å². The third-order valence-corrected chi connectivity index (χ3v) is 3.27. The van der Waals surface area contributed by atoms with Crippen LogP contribution in [0.15, 0.2) is 0 Å². The highest BCUT2D eigenvalue weighted by Crippen LogP contribution is 2.27. The van der Waals surface area contributed by atoms with Crippen molar-refractivity contribution in [2.45, 2.75) is 53.0 Å². The summed E-state index contributed by atoms with van der Waals surface area (Å²) >= 11 is 0. The highest BCUT2D eigenvalue weighted by molar-refractivity contribution is 5.61. The smallest absolute Gasteiger partial charge is 0.332 e. The van der Waals surface area contributed by atoms with Crippen molar-refractivity contribution in [2.24, 2.45) is 5.92 Å². The lowest BCUT2D eigenvalue weighted by Crippen LogP contribution is -2.18. The Hall–Kier alpha value is -1.92. The summed E-state index contributed by atoms with van der Waals surface area (Å²) in [6.07, 6.45) is 3.19. The molecule has 7 heteroatoms. The van der Waals surface area contributed by atoms with E-state index in [1.807, 2.05) is 6.92 Å². The summed E-state index contributed by atoms with van der Waals surface area (Å²) in [4.78, 5) is 19.0. The van der Waals surface area contributed by atoms with E-state index in [2.05, 4.69) is 34.4 Å². The fourth-order valence-corrected chi connectivity index (χ4v) is 2.14. The van der Waals surface area contributed by atoms with Gasteiger partial charge in [0.25, 0.3) is 0 Å². The van der Waals surface area contributed by atoms with Gasteiger partial charge in [-0.05, 0) is 26.2 Å². The fraction of sp³-hybridized carbons (Fsp3) is 0.714. The van der Waals surface area contributed by atoms with Crippen molar-refractivity contribution in [3.05, 3.63) is 15.8 Å². The first-order valence-electron chi connectivity index (χ1n) is 7.32. The van der Waals surface area contributed by atoms with Crippen molar-refractivity contribution < 1.29 is 4.92 Å². The van der Waals surface area contributed by atoms with Crippen LogP contribution in [-0.2, 0) is 0 Å². The van der Waals surface area contributed by atoms with Crippen LogP contribution in [0.3, 0.4) is 0 Å². The van der Waals surface area contributed by atoms with Crippen LogP contribution in [0.4, 0.5) is 17.5 Å². The first-order valence-corrected chi connectivity index (χ1v) is 7.32. The van der Waals surface area contributed by atoms with Gasteiger partial charge in [0.15, 0.2) is 0 Å². The molecule has 0 aliphatic carbocycles. The molecule has 21 heavy (non-hydrogen) atoms. The standard InChI is InChI=1S/C14H25N5O2/c1-9(2)7-6-8-10(3)16-13-12(19(20)21)11(4)17-14(15-5)18-13/h9-10H,6-8H2,1-5H3,(H2,15,16,17,18). The number of nitrogens with zero attached hydrogens (tertiary/aromatic N) is 3. The Morgan fingerprint density at radius 2 is 1.90 bits per heavy atom. The largest absolute Gasteiger partial charge is 0.362 e. The summed E-state index contributed by atoms with van der Waals surface area (Å²) in [5, 5.41) is 17.2. The van der Waals surface area contributed by atoms with E-state index in [-0.39, 0.29) is 17.5 Å². The number of aryl methyl sites for hydroxylation is 1. The van der Waals surface area contributed by atoms with Crippen LogP contribution in [0.5, 0.6) is 0 Å². The van der Waals surface area contributed by atoms with E-state index in [1.54, 1.807) is 14.0 Å². The Morgan fingerprint density at radius 3 is 2.43 bits per heavy atom. The zero-order valence-corrected chi connectivity index (χ0v) is 13.4. The number of anilines is 2. The molecule has 0 spiro atoms. The second-order valence-corrected chi connectivity index (χ2v) is 5.71. The molecule has 0 amide bonds. The summed E-state index contributed by atoms with van der Waals surface area (Å²) in [6, 6.07) is 0.126. The van der Waals surface area contributed by atoms with Crippen molar-refractivity contribution >= 4 is 17.5 Å². The maximum atomic E-state index is 11.2. The number of nitro groups is 1. The summed E-state index contributed by atoms with van der Waals surface area (Å²) in [6.45, 7) is 8.02. The maximum Gasteiger partial charge on any atom is 0.332 e. The van der Waals surface area contributed by atoms with Gasteiger partial charge in [-0.3, -0.25) is 10.1 Å². The molecule has 1 rings (SSSR count). The van der Waals surface area contributed by atoms with Gasteiger partial charge in [-0.15, -0.1) is 0 Å². The van der Waals surface area contributed by atoms with Crippen molar-refractivity contribution in [1.29, 1.82) is 0 Å². The number of hydrogen-bond acceptors (Lipinski definition) is 6. The third-order valence-electron chi connectivity index (χ3n) is 3.27. The average molecular weight is 295 g/mol. The molecule has 0 bridgehead atoms. The minimum absolute atomic E-state index is 0.0512. The molecule has 1 aromatic heterocycles. The van der Waals surface area contributed by atoms with Crippen molar-refractivity contribution in [2.75, 3.05) is 17.7 Å². The Bertz CT molecular complexity index is 490. The number of aromatic nitrogens is 2. The fourth-order valence-electron chi connectivity index (χ4n) is 2.14. The second-order valence-electron chi connectivity index (χ2n) is 5.71. The highest BCUT2D eigenvalue weighted by Gasteiger charge is 2.22. The normalized spacial score (nSPS) is 12.3. The molecule has 0 saturated carbocycles. The van der Waals surface area contributed by atoms with Gasteiger partial charge in [-0.2, -0.15) is 4.98 Å². The lowest BCUT2D eigenvalue weighted by molar-refractivity contribution is -0.385. The van der Waals surface area contributed by atoms with Crippen molar-refractivity contribution in [3.63, 3.8) is 0 Å². The van der Waals surface area contributed by atoms with Crippen LogP contribution < -0.4 is 10.6 Å². The first kappa shape index (κ1) is 17.1. The van der Waals surface area contributed by atoms with Crippen LogP contribution >= 0.6 is 0 Å². The van der Waals surface area contributed by atoms with Gasteiger partial charge >= 0.3 is 5.69 Å². The minimum atomic E-state index is -0.433. The predicted molar refractivity (Wildman–Crippen MR) is 84.7 cm³/mol. The molecule has 1 aromatic rings. The monoisotopic (exact) mass is 295 g/mol. The molecule has 0 aliphatic heterocycles. The predicted octanol–water partition coefficient (Wildman–Crippen LogP) is 3.36. The summed E-state index contributed by atoms with van der Waals surface area (Å²) in [5.74, 6) is 1.34. The van der Waals surface area contributed by atoms with Gasteiger partial charge in [0.2, 0.25) is 11.8 Å². The molecule has 0 fully saturated rings. The lowest BCUT2D eigenvalue weighted by atomic mass is 10.0. The quantitative estimate of drug-likeness (QED) is 0.564. The Kier molecular flexibility index (Phi) is 6.33. The minimum Gasteiger partial charge on any atom is -0.362 e. The topological polar surface area (TPSA) is 93.0 Å². The molecule has 7 nitrogen and oxygen atoms in total. The Balaban J connectivity index is 2.85. The van der Waals surface area contributed by atoms with E-state index in [1.165, 1.54) is 0 Å². The van der Waals surface area contributed by atoms with Crippen LogP contribution in [-0.4, -0.2) is 28.0 Å². The lowest BCUT2D eigenvalue weighted by Gasteiger charge is -2.16. The molecular formula is C14H25N5O2. The van der Waals surface area contributed by atoms with Crippen LogP contribution in [0.25, 0.3) is 0 Å². The molecule has 0 aromatic carbocycles. The van der Waals surface area contributed by atoms with Gasteiger partial charge in [0.05, 0.1) is 4.92 Å². The van der Waals surface area contributed by atoms with Crippen LogP contribution in [0.1, 0.15) is 45.7 Å². The van der Waals surface area contributed by atoms with Gasteiger partial charge in [0.1, 0.15) is 5.69 Å². The van der Waals surface area contributed by atoms with E-state index < -0.39 is 4.92 Å². The molecule has 0 saturated heterocycles. The summed E-state index contributed by atoms with van der Waals surface area (Å²) < 4.78 is 0. The van der Waals surface area contributed by atoms with Crippen LogP contribution in [0.2, 0.25) is 0 Å². The number of rotatable bonds is 8. The van der Waals surface area contributed by atoms with Crippen molar-refractivity contribution in [1.82, 2.24) is 9.97 Å². The molecule has 1 unspecified atom stereocenters. The van der Waals surface area contributed by atoms with E-state index in [9.17, 15) is 10.1 Å². The second kappa shape index (κ2) is 7.75. The average Bonchev–Trinajstić information content (AvgIpc) is 2.36. The molecule has 1 atom stereocenters. The molecule has 0 radical (unpaired) electrons. The Labute approximate surface area is 125 Å². The molecule has 2 N–H and O–H groups in total. The van der Waals surface area contributed by atoms with E-state index >= 15 is 0 Å². The summed E-state index contributed by atoms with van der Waals surface area (Å²) in [7, 11) is 1.69. The number of hydrogen-bond donors (Lipinski definition) is 2. The summed E-state index contributed by atoms with van der Waals surface area (Å²) in [5.41, 5.74) is 0.306. The Morgan fingerprint density at radius 1 is 1.24 bits per heavy atom. The number of nitrogens with one attached hydrogen (secondary N) is 2. The van der Waals surface area contributed by atoms with E-state index in [0.29, 0.717) is 17.6 Å².